The van der Waals surface area contributed by atoms with Gasteiger partial charge in [-0.2, -0.15) is 0 Å². The highest BCUT2D eigenvalue weighted by Crippen LogP contribution is 2.25. The molecule has 2 aromatic carbocycles. The van der Waals surface area contributed by atoms with E-state index in [9.17, 15) is 5.11 Å². The highest BCUT2D eigenvalue weighted by Gasteiger charge is 2.25. The Kier molecular flexibility index (Phi) is 9.97. The fourth-order valence-electron chi connectivity index (χ4n) is 4.59. The van der Waals surface area contributed by atoms with E-state index in [2.05, 4.69) is 75.6 Å². The van der Waals surface area contributed by atoms with Crippen LogP contribution in [0.5, 0.6) is 0 Å². The number of hydrogen-bond acceptors (Lipinski definition) is 4. The molecule has 0 aromatic heterocycles. The molecule has 4 rings (SSSR count). The lowest BCUT2D eigenvalue weighted by molar-refractivity contribution is -0.00833. The van der Waals surface area contributed by atoms with Crippen LogP contribution in [-0.2, 0) is 17.8 Å². The van der Waals surface area contributed by atoms with Crippen molar-refractivity contribution in [3.63, 3.8) is 0 Å². The lowest BCUT2D eigenvalue weighted by Crippen LogP contribution is -2.48. The summed E-state index contributed by atoms with van der Waals surface area (Å²) in [5.41, 5.74) is 5.09. The van der Waals surface area contributed by atoms with E-state index in [1.165, 1.54) is 22.3 Å². The molecule has 2 heterocycles. The van der Waals surface area contributed by atoms with Gasteiger partial charge in [0.05, 0.1) is 19.3 Å². The zero-order valence-electron chi connectivity index (χ0n) is 19.7. The number of aliphatic imine (C=N–C) groups is 1. The smallest absolute Gasteiger partial charge is 0.194 e. The number of nitrogens with zero attached hydrogens (tertiary/aromatic N) is 3. The van der Waals surface area contributed by atoms with Crippen molar-refractivity contribution in [1.82, 2.24) is 15.1 Å². The van der Waals surface area contributed by atoms with Crippen LogP contribution in [-0.4, -0.2) is 66.8 Å². The Morgan fingerprint density at radius 3 is 2.45 bits per heavy atom. The monoisotopic (exact) mass is 564 g/mol. The minimum atomic E-state index is -0.118. The van der Waals surface area contributed by atoms with E-state index >= 15 is 0 Å². The topological polar surface area (TPSA) is 60.3 Å². The van der Waals surface area contributed by atoms with E-state index in [-0.39, 0.29) is 36.2 Å². The Morgan fingerprint density at radius 1 is 1.06 bits per heavy atom. The normalized spacial score (nSPS) is 20.4. The molecule has 1 atom stereocenters. The molecule has 0 spiro atoms. The van der Waals surface area contributed by atoms with Gasteiger partial charge in [0, 0.05) is 39.8 Å². The van der Waals surface area contributed by atoms with Gasteiger partial charge in [0.1, 0.15) is 6.10 Å². The molecule has 1 unspecified atom stereocenters. The van der Waals surface area contributed by atoms with Crippen molar-refractivity contribution in [3.8, 4) is 0 Å². The maximum Gasteiger partial charge on any atom is 0.194 e. The summed E-state index contributed by atoms with van der Waals surface area (Å²) in [6, 6.07) is 17.3. The van der Waals surface area contributed by atoms with E-state index in [1.807, 2.05) is 7.05 Å². The fraction of sp³-hybridized carbons (Fsp3) is 0.500. The Bertz CT molecular complexity index is 897. The van der Waals surface area contributed by atoms with Crippen molar-refractivity contribution >= 4 is 29.9 Å². The number of benzene rings is 2. The average Bonchev–Trinajstić information content (AvgIpc) is 2.82. The Hall–Kier alpha value is -1.68. The van der Waals surface area contributed by atoms with Crippen molar-refractivity contribution < 1.29 is 9.84 Å². The van der Waals surface area contributed by atoms with Crippen molar-refractivity contribution in [1.29, 1.82) is 0 Å². The number of aryl methyl sites for hydroxylation is 1. The van der Waals surface area contributed by atoms with E-state index in [0.29, 0.717) is 6.61 Å². The minimum absolute atomic E-state index is 0. The molecule has 7 heteroatoms. The first kappa shape index (κ1) is 25.9. The maximum absolute atomic E-state index is 9.68. The van der Waals surface area contributed by atoms with E-state index in [1.54, 1.807) is 0 Å². The van der Waals surface area contributed by atoms with Crippen LogP contribution in [0, 0.1) is 6.92 Å². The number of aliphatic hydroxyl groups excluding tert-OH is 1. The fourth-order valence-corrected chi connectivity index (χ4v) is 4.59. The third-order valence-corrected chi connectivity index (χ3v) is 6.55. The van der Waals surface area contributed by atoms with Gasteiger partial charge in [-0.25, -0.2) is 0 Å². The molecule has 0 aliphatic carbocycles. The van der Waals surface area contributed by atoms with Crippen LogP contribution < -0.4 is 5.32 Å². The first-order valence-electron chi connectivity index (χ1n) is 11.7. The van der Waals surface area contributed by atoms with Crippen molar-refractivity contribution in [2.75, 3.05) is 39.8 Å². The van der Waals surface area contributed by atoms with Crippen LogP contribution in [0.2, 0.25) is 0 Å². The van der Waals surface area contributed by atoms with Crippen LogP contribution in [0.25, 0.3) is 0 Å². The predicted octanol–water partition coefficient (Wildman–Crippen LogP) is 3.72. The van der Waals surface area contributed by atoms with Gasteiger partial charge < -0.3 is 20.1 Å². The molecule has 0 radical (unpaired) electrons. The lowest BCUT2D eigenvalue weighted by Gasteiger charge is -2.35. The molecular weight excluding hydrogens is 527 g/mol. The number of aliphatic hydroxyl groups is 1. The first-order valence-corrected chi connectivity index (χ1v) is 11.7. The van der Waals surface area contributed by atoms with Gasteiger partial charge in [0.25, 0.3) is 0 Å². The van der Waals surface area contributed by atoms with Crippen LogP contribution in [0.1, 0.15) is 41.2 Å². The van der Waals surface area contributed by atoms with Gasteiger partial charge in [0.15, 0.2) is 5.96 Å². The van der Waals surface area contributed by atoms with E-state index in [4.69, 9.17) is 4.74 Å². The number of rotatable bonds is 5. The molecule has 2 aromatic rings. The summed E-state index contributed by atoms with van der Waals surface area (Å²) in [6.07, 6.45) is 1.71. The Balaban J connectivity index is 0.00000306. The number of halogens is 1. The molecule has 33 heavy (non-hydrogen) atoms. The van der Waals surface area contributed by atoms with Gasteiger partial charge in [-0.05, 0) is 42.0 Å². The molecule has 0 amide bonds. The van der Waals surface area contributed by atoms with Gasteiger partial charge in [-0.3, -0.25) is 9.89 Å². The molecular formula is C26H37IN4O2. The second kappa shape index (κ2) is 12.7. The van der Waals surface area contributed by atoms with Gasteiger partial charge in [-0.15, -0.1) is 24.0 Å². The van der Waals surface area contributed by atoms with E-state index < -0.39 is 0 Å². The molecule has 2 N–H and O–H groups in total. The summed E-state index contributed by atoms with van der Waals surface area (Å²) in [5.74, 6) is 0.919. The standard InChI is InChI=1S/C26H36N4O2.HI/c1-20-5-3-4-6-24(20)25-19-30(15-16-32-25)26(27-2)28-17-21-7-9-22(10-8-21)18-29-13-11-23(31)12-14-29;/h3-10,23,25,31H,11-19H2,1-2H3,(H,27,28);1H. The number of likely N-dealkylation sites (tertiary alicyclic amines) is 1. The summed E-state index contributed by atoms with van der Waals surface area (Å²) in [4.78, 5) is 9.24. The van der Waals surface area contributed by atoms with E-state index in [0.717, 1.165) is 58.1 Å². The molecule has 2 saturated heterocycles. The molecule has 2 aliphatic heterocycles. The molecule has 180 valence electrons. The first-order chi connectivity index (χ1) is 15.6. The van der Waals surface area contributed by atoms with Crippen molar-refractivity contribution in [2.24, 2.45) is 4.99 Å². The predicted molar refractivity (Wildman–Crippen MR) is 144 cm³/mol. The number of morpholine rings is 1. The van der Waals surface area contributed by atoms with Crippen LogP contribution >= 0.6 is 24.0 Å². The van der Waals surface area contributed by atoms with Crippen molar-refractivity contribution in [2.45, 2.75) is 45.1 Å². The van der Waals surface area contributed by atoms with Gasteiger partial charge in [-0.1, -0.05) is 48.5 Å². The molecule has 0 bridgehead atoms. The summed E-state index contributed by atoms with van der Waals surface area (Å²) in [7, 11) is 1.85. The zero-order valence-corrected chi connectivity index (χ0v) is 22.1. The zero-order chi connectivity index (χ0) is 22.3. The van der Waals surface area contributed by atoms with Crippen LogP contribution in [0.15, 0.2) is 53.5 Å². The average molecular weight is 565 g/mol. The van der Waals surface area contributed by atoms with Gasteiger partial charge >= 0.3 is 0 Å². The minimum Gasteiger partial charge on any atom is -0.393 e. The lowest BCUT2D eigenvalue weighted by atomic mass is 10.0. The van der Waals surface area contributed by atoms with Crippen LogP contribution in [0.3, 0.4) is 0 Å². The Morgan fingerprint density at radius 2 is 1.76 bits per heavy atom. The molecule has 2 aliphatic rings. The SMILES string of the molecule is CN=C(NCc1ccc(CN2CCC(O)CC2)cc1)N1CCOC(c2ccccc2C)C1.I. The quantitative estimate of drug-likeness (QED) is 0.330. The summed E-state index contributed by atoms with van der Waals surface area (Å²) >= 11 is 0. The number of ether oxygens (including phenoxy) is 1. The second-order valence-corrected chi connectivity index (χ2v) is 8.89. The highest BCUT2D eigenvalue weighted by atomic mass is 127. The number of guanidine groups is 1. The summed E-state index contributed by atoms with van der Waals surface area (Å²) in [6.45, 7) is 8.13. The van der Waals surface area contributed by atoms with Crippen molar-refractivity contribution in [3.05, 3.63) is 70.8 Å². The third-order valence-electron chi connectivity index (χ3n) is 6.55. The van der Waals surface area contributed by atoms with Crippen LogP contribution in [0.4, 0.5) is 0 Å². The molecule has 2 fully saturated rings. The number of nitrogens with one attached hydrogen (secondary N) is 1. The van der Waals surface area contributed by atoms with Gasteiger partial charge in [0.2, 0.25) is 0 Å². The molecule has 0 saturated carbocycles. The maximum atomic E-state index is 9.68. The highest BCUT2D eigenvalue weighted by molar-refractivity contribution is 14.0. The number of piperidine rings is 1. The number of hydrogen-bond donors (Lipinski definition) is 2. The summed E-state index contributed by atoms with van der Waals surface area (Å²) in [5, 5.41) is 13.2. The Labute approximate surface area is 215 Å². The summed E-state index contributed by atoms with van der Waals surface area (Å²) < 4.78 is 6.07. The second-order valence-electron chi connectivity index (χ2n) is 8.89. The largest absolute Gasteiger partial charge is 0.393 e. The third kappa shape index (κ3) is 7.15. The molecule has 6 nitrogen and oxygen atoms in total.